The summed E-state index contributed by atoms with van der Waals surface area (Å²) in [5, 5.41) is 22.3. The predicted octanol–water partition coefficient (Wildman–Crippen LogP) is 3.50. The molecule has 1 aromatic carbocycles. The zero-order valence-corrected chi connectivity index (χ0v) is 30.1. The molecule has 1 saturated carbocycles. The average Bonchev–Trinajstić information content (AvgIpc) is 3.63. The van der Waals surface area contributed by atoms with E-state index in [4.69, 9.17) is 4.74 Å². The lowest BCUT2D eigenvalue weighted by Crippen LogP contribution is -2.55. The van der Waals surface area contributed by atoms with Crippen molar-refractivity contribution in [2.75, 3.05) is 33.4 Å². The molecule has 2 aliphatic rings. The molecule has 270 valence electrons. The fraction of sp³-hybridized carbons (Fsp3) is 0.649. The molecule has 4 amide bonds. The van der Waals surface area contributed by atoms with Crippen LogP contribution in [0.2, 0.25) is 0 Å². The first kappa shape index (κ1) is 38.5. The van der Waals surface area contributed by atoms with Gasteiger partial charge in [0.25, 0.3) is 0 Å². The van der Waals surface area contributed by atoms with Crippen molar-refractivity contribution in [3.8, 4) is 0 Å². The molecule has 2 aromatic rings. The number of nitrogens with one attached hydrogen (secondary N) is 3. The van der Waals surface area contributed by atoms with Gasteiger partial charge in [-0.1, -0.05) is 76.3 Å². The number of ether oxygens (including phenoxy) is 1. The van der Waals surface area contributed by atoms with Gasteiger partial charge in [-0.25, -0.2) is 4.98 Å². The quantitative estimate of drug-likeness (QED) is 0.198. The maximum absolute atomic E-state index is 14.2. The molecule has 4 N–H and O–H groups in total. The maximum Gasteiger partial charge on any atom is 0.243 e. The zero-order valence-electron chi connectivity index (χ0n) is 29.3. The Labute approximate surface area is 295 Å². The van der Waals surface area contributed by atoms with Crippen molar-refractivity contribution in [1.82, 2.24) is 25.8 Å². The molecular formula is C37H55N5O6S. The largest absolute Gasteiger partial charge is 0.391 e. The number of nitrogens with zero attached hydrogens (tertiary/aromatic N) is 2. The van der Waals surface area contributed by atoms with Crippen molar-refractivity contribution < 1.29 is 29.0 Å². The van der Waals surface area contributed by atoms with Gasteiger partial charge in [-0.2, -0.15) is 0 Å². The van der Waals surface area contributed by atoms with E-state index >= 15 is 0 Å². The standard InChI is InChI=1S/C37H55N5O6S/c1-25(2)30(36(46)38-3)22-33(43)31(19-27-12-8-5-9-13-27)40-37(47)32(21-29-23-49-24-39-29)41-35(45)28(18-26-10-6-4-7-11-26)20-34(44)42-14-16-48-17-15-42/h4,6-7,10-11,23-25,27-28,30-33,43H,5,8-9,12-22H2,1-3H3,(H,38,46)(H,40,47)(H,41,45)/t28?,30-,31-,32-,33-/m0/s1. The van der Waals surface area contributed by atoms with Crippen LogP contribution in [-0.4, -0.2) is 90.2 Å². The van der Waals surface area contributed by atoms with Gasteiger partial charge in [0.15, 0.2) is 0 Å². The number of benzene rings is 1. The number of thiazole rings is 1. The second-order valence-corrected chi connectivity index (χ2v) is 14.7. The van der Waals surface area contributed by atoms with Crippen LogP contribution in [0.1, 0.15) is 76.5 Å². The van der Waals surface area contributed by atoms with E-state index in [1.54, 1.807) is 17.5 Å². The van der Waals surface area contributed by atoms with E-state index < -0.39 is 35.9 Å². The predicted molar refractivity (Wildman–Crippen MR) is 190 cm³/mol. The number of carbonyl (C=O) groups excluding carboxylic acids is 4. The Balaban J connectivity index is 1.55. The summed E-state index contributed by atoms with van der Waals surface area (Å²) in [6.45, 7) is 5.80. The number of aliphatic hydroxyl groups excluding tert-OH is 1. The van der Waals surface area contributed by atoms with Crippen molar-refractivity contribution in [3.05, 3.63) is 52.5 Å². The lowest BCUT2D eigenvalue weighted by atomic mass is 9.81. The first-order chi connectivity index (χ1) is 23.6. The highest BCUT2D eigenvalue weighted by atomic mass is 32.1. The third kappa shape index (κ3) is 12.2. The van der Waals surface area contributed by atoms with Gasteiger partial charge in [-0.3, -0.25) is 19.2 Å². The van der Waals surface area contributed by atoms with E-state index in [1.807, 2.05) is 49.6 Å². The van der Waals surface area contributed by atoms with Crippen LogP contribution >= 0.6 is 11.3 Å². The van der Waals surface area contributed by atoms with Crippen molar-refractivity contribution >= 4 is 35.0 Å². The molecule has 1 aliphatic carbocycles. The topological polar surface area (TPSA) is 150 Å². The van der Waals surface area contributed by atoms with Gasteiger partial charge in [0.05, 0.1) is 42.5 Å². The fourth-order valence-corrected chi connectivity index (χ4v) is 7.60. The molecule has 12 heteroatoms. The fourth-order valence-electron chi connectivity index (χ4n) is 7.02. The minimum Gasteiger partial charge on any atom is -0.391 e. The van der Waals surface area contributed by atoms with Crippen LogP contribution in [0.15, 0.2) is 41.2 Å². The minimum atomic E-state index is -0.979. The number of hydrogen-bond donors (Lipinski definition) is 4. The van der Waals surface area contributed by atoms with E-state index in [2.05, 4.69) is 20.9 Å². The van der Waals surface area contributed by atoms with E-state index in [9.17, 15) is 24.3 Å². The summed E-state index contributed by atoms with van der Waals surface area (Å²) in [6.07, 6.45) is 5.82. The van der Waals surface area contributed by atoms with E-state index in [0.717, 1.165) is 31.2 Å². The van der Waals surface area contributed by atoms with E-state index in [1.165, 1.54) is 17.8 Å². The first-order valence-corrected chi connectivity index (χ1v) is 18.9. The first-order valence-electron chi connectivity index (χ1n) is 17.9. The van der Waals surface area contributed by atoms with E-state index in [-0.39, 0.29) is 42.9 Å². The van der Waals surface area contributed by atoms with Gasteiger partial charge in [-0.05, 0) is 36.7 Å². The highest BCUT2D eigenvalue weighted by Gasteiger charge is 2.35. The molecule has 2 heterocycles. The van der Waals surface area contributed by atoms with Crippen molar-refractivity contribution in [2.45, 2.75) is 96.2 Å². The average molecular weight is 698 g/mol. The van der Waals surface area contributed by atoms with Crippen molar-refractivity contribution in [3.63, 3.8) is 0 Å². The lowest BCUT2D eigenvalue weighted by molar-refractivity contribution is -0.140. The molecule has 1 saturated heterocycles. The normalized spacial score (nSPS) is 18.6. The summed E-state index contributed by atoms with van der Waals surface area (Å²) >= 11 is 1.41. The Morgan fingerprint density at radius 2 is 1.69 bits per heavy atom. The summed E-state index contributed by atoms with van der Waals surface area (Å²) in [4.78, 5) is 60.4. The molecule has 5 atom stereocenters. The summed E-state index contributed by atoms with van der Waals surface area (Å²) in [5.74, 6) is -1.83. The van der Waals surface area contributed by atoms with Crippen molar-refractivity contribution in [2.24, 2.45) is 23.7 Å². The smallest absolute Gasteiger partial charge is 0.243 e. The molecule has 4 rings (SSSR count). The molecule has 1 aliphatic heterocycles. The number of rotatable bonds is 17. The second-order valence-electron chi connectivity index (χ2n) is 14.0. The van der Waals surface area contributed by atoms with Crippen LogP contribution in [0.4, 0.5) is 0 Å². The van der Waals surface area contributed by atoms with Crippen molar-refractivity contribution in [1.29, 1.82) is 0 Å². The molecule has 0 spiro atoms. The van der Waals surface area contributed by atoms with Crippen LogP contribution in [0, 0.1) is 23.7 Å². The van der Waals surface area contributed by atoms with Crippen LogP contribution in [0.25, 0.3) is 0 Å². The van der Waals surface area contributed by atoms with Gasteiger partial charge in [0.2, 0.25) is 23.6 Å². The lowest BCUT2D eigenvalue weighted by Gasteiger charge is -2.33. The third-order valence-electron chi connectivity index (χ3n) is 10.00. The Hall–Kier alpha value is -3.35. The zero-order chi connectivity index (χ0) is 35.2. The van der Waals surface area contributed by atoms with Gasteiger partial charge >= 0.3 is 0 Å². The number of carbonyl (C=O) groups is 4. The monoisotopic (exact) mass is 697 g/mol. The number of amides is 4. The summed E-state index contributed by atoms with van der Waals surface area (Å²) in [6, 6.07) is 7.99. The Morgan fingerprint density at radius 1 is 0.980 bits per heavy atom. The van der Waals surface area contributed by atoms with Crippen LogP contribution in [0.5, 0.6) is 0 Å². The summed E-state index contributed by atoms with van der Waals surface area (Å²) in [7, 11) is 1.59. The van der Waals surface area contributed by atoms with Crippen LogP contribution in [0.3, 0.4) is 0 Å². The van der Waals surface area contributed by atoms with Gasteiger partial charge < -0.3 is 30.7 Å². The molecular weight excluding hydrogens is 643 g/mol. The molecule has 1 aromatic heterocycles. The number of morpholine rings is 1. The van der Waals surface area contributed by atoms with E-state index in [0.29, 0.717) is 50.8 Å². The third-order valence-corrected chi connectivity index (χ3v) is 10.6. The van der Waals surface area contributed by atoms with Crippen LogP contribution in [-0.2, 0) is 36.8 Å². The molecule has 0 radical (unpaired) electrons. The molecule has 11 nitrogen and oxygen atoms in total. The second kappa shape index (κ2) is 19.7. The number of aromatic nitrogens is 1. The molecule has 1 unspecified atom stereocenters. The Bertz CT molecular complexity index is 1310. The minimum absolute atomic E-state index is 0.000875. The number of hydrogen-bond acceptors (Lipinski definition) is 8. The highest BCUT2D eigenvalue weighted by Crippen LogP contribution is 2.30. The van der Waals surface area contributed by atoms with Gasteiger partial charge in [-0.15, -0.1) is 11.3 Å². The Kier molecular flexibility index (Phi) is 15.5. The SMILES string of the molecule is CNC(=O)[C@@H](C[C@H](O)[C@H](CC1CCCCC1)NC(=O)[C@H](Cc1cscn1)NC(=O)C(CC(=O)N1CCOCC1)Cc1ccccc1)C(C)C. The van der Waals surface area contributed by atoms with Gasteiger partial charge in [0, 0.05) is 44.3 Å². The van der Waals surface area contributed by atoms with Gasteiger partial charge in [0.1, 0.15) is 6.04 Å². The summed E-state index contributed by atoms with van der Waals surface area (Å²) in [5.41, 5.74) is 3.27. The highest BCUT2D eigenvalue weighted by molar-refractivity contribution is 7.07. The van der Waals surface area contributed by atoms with Crippen LogP contribution < -0.4 is 16.0 Å². The summed E-state index contributed by atoms with van der Waals surface area (Å²) < 4.78 is 5.41. The molecule has 2 fully saturated rings. The molecule has 0 bridgehead atoms. The Morgan fingerprint density at radius 3 is 2.33 bits per heavy atom. The molecule has 49 heavy (non-hydrogen) atoms. The maximum atomic E-state index is 14.2. The number of aliphatic hydroxyl groups is 1.